The summed E-state index contributed by atoms with van der Waals surface area (Å²) in [5.74, 6) is -0.177. The number of hydrogen-bond donors (Lipinski definition) is 0. The summed E-state index contributed by atoms with van der Waals surface area (Å²) < 4.78 is 0. The van der Waals surface area contributed by atoms with E-state index in [0.29, 0.717) is 5.56 Å². The van der Waals surface area contributed by atoms with E-state index in [4.69, 9.17) is 0 Å². The maximum atomic E-state index is 11.6. The van der Waals surface area contributed by atoms with Crippen molar-refractivity contribution in [1.82, 2.24) is 0 Å². The summed E-state index contributed by atoms with van der Waals surface area (Å²) >= 11 is 1.43. The number of rotatable bonds is 4. The minimum atomic E-state index is -0.493. The van der Waals surface area contributed by atoms with E-state index in [1.54, 1.807) is 6.07 Å². The molecule has 0 aliphatic heterocycles. The fourth-order valence-electron chi connectivity index (χ4n) is 1.73. The highest BCUT2D eigenvalue weighted by Gasteiger charge is 2.14. The first kappa shape index (κ1) is 14.3. The number of Topliss-reactive ketones (excluding diaryl/α,β-unsaturated/α-hetero) is 1. The topological polar surface area (TPSA) is 60.2 Å². The average Bonchev–Trinajstić information content (AvgIpc) is 2.41. The zero-order valence-electron chi connectivity index (χ0n) is 11.1. The standard InChI is InChI=1S/C15H13NO3S/c1-10-3-6-13(7-4-10)20-15-8-5-12(16(18)19)9-14(15)11(2)17/h3-9H,1-2H3. The van der Waals surface area contributed by atoms with Crippen LogP contribution in [-0.4, -0.2) is 10.7 Å². The van der Waals surface area contributed by atoms with Crippen LogP contribution in [-0.2, 0) is 0 Å². The van der Waals surface area contributed by atoms with Gasteiger partial charge in [-0.3, -0.25) is 14.9 Å². The molecule has 0 unspecified atom stereocenters. The first-order valence-electron chi connectivity index (χ1n) is 6.01. The van der Waals surface area contributed by atoms with Gasteiger partial charge >= 0.3 is 0 Å². The van der Waals surface area contributed by atoms with Crippen LogP contribution in [0.2, 0.25) is 0 Å². The fraction of sp³-hybridized carbons (Fsp3) is 0.133. The molecule has 2 aromatic carbocycles. The highest BCUT2D eigenvalue weighted by molar-refractivity contribution is 7.99. The largest absolute Gasteiger partial charge is 0.294 e. The predicted octanol–water partition coefficient (Wildman–Crippen LogP) is 4.26. The second-order valence-electron chi connectivity index (χ2n) is 4.41. The van der Waals surface area contributed by atoms with Gasteiger partial charge in [-0.25, -0.2) is 0 Å². The Morgan fingerprint density at radius 3 is 2.35 bits per heavy atom. The third-order valence-corrected chi connectivity index (χ3v) is 3.89. The highest BCUT2D eigenvalue weighted by Crippen LogP contribution is 2.32. The normalized spacial score (nSPS) is 10.3. The molecular formula is C15H13NO3S. The number of ketones is 1. The van der Waals surface area contributed by atoms with Gasteiger partial charge in [-0.05, 0) is 32.0 Å². The number of nitro groups is 1. The smallest absolute Gasteiger partial charge is 0.270 e. The SMILES string of the molecule is CC(=O)c1cc([N+](=O)[O-])ccc1Sc1ccc(C)cc1. The molecule has 0 aromatic heterocycles. The molecule has 0 amide bonds. The Hall–Kier alpha value is -2.14. The molecule has 0 N–H and O–H groups in total. The van der Waals surface area contributed by atoms with Gasteiger partial charge in [0, 0.05) is 27.5 Å². The highest BCUT2D eigenvalue weighted by atomic mass is 32.2. The van der Waals surface area contributed by atoms with Crippen LogP contribution in [0.25, 0.3) is 0 Å². The van der Waals surface area contributed by atoms with Gasteiger partial charge in [0.15, 0.2) is 5.78 Å². The van der Waals surface area contributed by atoms with Crippen LogP contribution in [0.3, 0.4) is 0 Å². The molecule has 5 heteroatoms. The van der Waals surface area contributed by atoms with E-state index < -0.39 is 4.92 Å². The van der Waals surface area contributed by atoms with Gasteiger partial charge in [0.1, 0.15) is 0 Å². The third kappa shape index (κ3) is 3.24. The van der Waals surface area contributed by atoms with E-state index in [0.717, 1.165) is 15.4 Å². The second-order valence-corrected chi connectivity index (χ2v) is 5.52. The Balaban J connectivity index is 2.38. The van der Waals surface area contributed by atoms with Gasteiger partial charge < -0.3 is 0 Å². The Morgan fingerprint density at radius 1 is 1.15 bits per heavy atom. The maximum absolute atomic E-state index is 11.6. The first-order chi connectivity index (χ1) is 9.47. The monoisotopic (exact) mass is 287 g/mol. The summed E-state index contributed by atoms with van der Waals surface area (Å²) in [7, 11) is 0. The molecule has 0 atom stereocenters. The molecule has 0 aliphatic carbocycles. The molecule has 0 bridgehead atoms. The zero-order valence-corrected chi connectivity index (χ0v) is 11.9. The molecule has 0 aliphatic rings. The summed E-state index contributed by atoms with van der Waals surface area (Å²) in [6.45, 7) is 3.42. The van der Waals surface area contributed by atoms with Crippen LogP contribution in [0.4, 0.5) is 5.69 Å². The van der Waals surface area contributed by atoms with Crippen molar-refractivity contribution < 1.29 is 9.72 Å². The van der Waals surface area contributed by atoms with Gasteiger partial charge in [0.25, 0.3) is 5.69 Å². The van der Waals surface area contributed by atoms with E-state index in [2.05, 4.69) is 0 Å². The van der Waals surface area contributed by atoms with Gasteiger partial charge in [0.05, 0.1) is 4.92 Å². The number of nitrogens with zero attached hydrogens (tertiary/aromatic N) is 1. The number of nitro benzene ring substituents is 1. The van der Waals surface area contributed by atoms with Crippen molar-refractivity contribution in [3.05, 3.63) is 63.7 Å². The van der Waals surface area contributed by atoms with Crippen molar-refractivity contribution in [2.24, 2.45) is 0 Å². The van der Waals surface area contributed by atoms with Crippen LogP contribution >= 0.6 is 11.8 Å². The molecule has 4 nitrogen and oxygen atoms in total. The van der Waals surface area contributed by atoms with Crippen molar-refractivity contribution in [3.63, 3.8) is 0 Å². The molecule has 0 fully saturated rings. The van der Waals surface area contributed by atoms with Gasteiger partial charge in [-0.2, -0.15) is 0 Å². The van der Waals surface area contributed by atoms with Gasteiger partial charge in [-0.1, -0.05) is 29.5 Å². The van der Waals surface area contributed by atoms with Gasteiger partial charge in [-0.15, -0.1) is 0 Å². The second kappa shape index (κ2) is 5.88. The number of carbonyl (C=O) groups is 1. The Kier molecular flexibility index (Phi) is 4.20. The van der Waals surface area contributed by atoms with E-state index in [-0.39, 0.29) is 11.5 Å². The minimum Gasteiger partial charge on any atom is -0.294 e. The minimum absolute atomic E-state index is 0.0662. The summed E-state index contributed by atoms with van der Waals surface area (Å²) in [4.78, 5) is 23.6. The average molecular weight is 287 g/mol. The lowest BCUT2D eigenvalue weighted by atomic mass is 10.1. The summed E-state index contributed by atoms with van der Waals surface area (Å²) in [6, 6.07) is 12.3. The number of aryl methyl sites for hydroxylation is 1. The van der Waals surface area contributed by atoms with Crippen molar-refractivity contribution in [2.75, 3.05) is 0 Å². The van der Waals surface area contributed by atoms with Crippen LogP contribution in [0.5, 0.6) is 0 Å². The summed E-state index contributed by atoms with van der Waals surface area (Å²) in [5, 5.41) is 10.8. The Labute approximate surface area is 121 Å². The lowest BCUT2D eigenvalue weighted by molar-refractivity contribution is -0.384. The molecule has 0 saturated carbocycles. The first-order valence-corrected chi connectivity index (χ1v) is 6.83. The Morgan fingerprint density at radius 2 is 1.80 bits per heavy atom. The number of hydrogen-bond acceptors (Lipinski definition) is 4. The summed E-state index contributed by atoms with van der Waals surface area (Å²) in [6.07, 6.45) is 0. The summed E-state index contributed by atoms with van der Waals surface area (Å²) in [5.41, 5.74) is 1.47. The quantitative estimate of drug-likeness (QED) is 0.479. The zero-order chi connectivity index (χ0) is 14.7. The van der Waals surface area contributed by atoms with Gasteiger partial charge in [0.2, 0.25) is 0 Å². The van der Waals surface area contributed by atoms with Crippen molar-refractivity contribution >= 4 is 23.2 Å². The number of carbonyl (C=O) groups excluding carboxylic acids is 1. The van der Waals surface area contributed by atoms with Crippen LogP contribution in [0.1, 0.15) is 22.8 Å². The van der Waals surface area contributed by atoms with Crippen LogP contribution in [0, 0.1) is 17.0 Å². The number of benzene rings is 2. The molecule has 2 rings (SSSR count). The fourth-order valence-corrected chi connectivity index (χ4v) is 2.70. The molecular weight excluding hydrogens is 274 g/mol. The number of non-ortho nitro benzene ring substituents is 1. The van der Waals surface area contributed by atoms with E-state index >= 15 is 0 Å². The molecule has 0 saturated heterocycles. The molecule has 20 heavy (non-hydrogen) atoms. The van der Waals surface area contributed by atoms with Crippen molar-refractivity contribution in [2.45, 2.75) is 23.6 Å². The van der Waals surface area contributed by atoms with Crippen LogP contribution < -0.4 is 0 Å². The lowest BCUT2D eigenvalue weighted by Crippen LogP contribution is -1.97. The van der Waals surface area contributed by atoms with E-state index in [1.165, 1.54) is 30.8 Å². The van der Waals surface area contributed by atoms with E-state index in [9.17, 15) is 14.9 Å². The predicted molar refractivity (Wildman–Crippen MR) is 78.4 cm³/mol. The molecule has 102 valence electrons. The maximum Gasteiger partial charge on any atom is 0.270 e. The molecule has 0 heterocycles. The lowest BCUT2D eigenvalue weighted by Gasteiger charge is -2.07. The van der Waals surface area contributed by atoms with E-state index in [1.807, 2.05) is 31.2 Å². The molecule has 0 spiro atoms. The van der Waals surface area contributed by atoms with Crippen LogP contribution in [0.15, 0.2) is 52.3 Å². The van der Waals surface area contributed by atoms with Crippen molar-refractivity contribution in [1.29, 1.82) is 0 Å². The third-order valence-electron chi connectivity index (χ3n) is 2.80. The Bertz CT molecular complexity index is 665. The molecule has 2 aromatic rings. The van der Waals surface area contributed by atoms with Crippen molar-refractivity contribution in [3.8, 4) is 0 Å². The molecule has 0 radical (unpaired) electrons.